The number of likely N-dealkylation sites (N-methyl/N-ethyl adjacent to an activating group) is 1. The first-order chi connectivity index (χ1) is 20.1. The van der Waals surface area contributed by atoms with Crippen molar-refractivity contribution >= 4 is 23.9 Å². The molecule has 1 spiro atoms. The van der Waals surface area contributed by atoms with E-state index < -0.39 is 18.2 Å². The second kappa shape index (κ2) is 14.3. The maximum atomic E-state index is 13.8. The van der Waals surface area contributed by atoms with Gasteiger partial charge in [0.1, 0.15) is 12.0 Å². The number of nitrogens with one attached hydrogen (secondary N) is 1. The third-order valence-electron chi connectivity index (χ3n) is 9.57. The number of carboxylic acid groups (broad SMARTS) is 1. The summed E-state index contributed by atoms with van der Waals surface area (Å²) in [5, 5.41) is 12.1. The number of piperidine rings is 1. The van der Waals surface area contributed by atoms with Crippen LogP contribution in [-0.2, 0) is 19.8 Å². The molecule has 0 radical (unpaired) electrons. The topological polar surface area (TPSA) is 89.5 Å². The molecule has 3 aliphatic rings. The molecule has 2 aliphatic carbocycles. The molecule has 240 valence electrons. The van der Waals surface area contributed by atoms with Gasteiger partial charge in [0.05, 0.1) is 21.1 Å². The SMILES string of the molecule is CC[C@H](C)[C@H](NC(=O)[C@H](CC1CCCCC1)[N+](C)(C)C)C(=O)N1CCC2(C=Cc3ccccc32)CC1.O=C([O-])C(F)(F)F. The van der Waals surface area contributed by atoms with Crippen LogP contribution in [-0.4, -0.2) is 79.7 Å². The molecular formula is C33H48F3N3O4. The number of alkyl halides is 3. The van der Waals surface area contributed by atoms with Gasteiger partial charge >= 0.3 is 6.18 Å². The number of halogens is 3. The first kappa shape index (κ1) is 34.6. The van der Waals surface area contributed by atoms with Crippen LogP contribution in [0.5, 0.6) is 0 Å². The second-order valence-corrected chi connectivity index (χ2v) is 13.4. The fourth-order valence-corrected chi connectivity index (χ4v) is 6.64. The summed E-state index contributed by atoms with van der Waals surface area (Å²) in [6.07, 6.45) is 9.39. The zero-order valence-corrected chi connectivity index (χ0v) is 26.2. The van der Waals surface area contributed by atoms with Gasteiger partial charge in [-0.3, -0.25) is 9.59 Å². The Balaban J connectivity index is 0.000000646. The summed E-state index contributed by atoms with van der Waals surface area (Å²) < 4.78 is 32.1. The third kappa shape index (κ3) is 8.83. The van der Waals surface area contributed by atoms with Crippen molar-refractivity contribution in [1.29, 1.82) is 0 Å². The van der Waals surface area contributed by atoms with Crippen LogP contribution in [0.3, 0.4) is 0 Å². The Hall–Kier alpha value is -2.88. The number of rotatable bonds is 8. The molecular weight excluding hydrogens is 559 g/mol. The molecule has 2 amide bonds. The number of nitrogens with zero attached hydrogens (tertiary/aromatic N) is 2. The first-order valence-corrected chi connectivity index (χ1v) is 15.6. The van der Waals surface area contributed by atoms with Gasteiger partial charge in [-0.25, -0.2) is 0 Å². The van der Waals surface area contributed by atoms with Crippen LogP contribution in [0, 0.1) is 11.8 Å². The Morgan fingerprint density at radius 1 is 1.07 bits per heavy atom. The van der Waals surface area contributed by atoms with Crippen molar-refractivity contribution in [3.05, 3.63) is 41.5 Å². The summed E-state index contributed by atoms with van der Waals surface area (Å²) in [4.78, 5) is 38.3. The minimum absolute atomic E-state index is 0.0489. The van der Waals surface area contributed by atoms with E-state index in [2.05, 4.69) is 76.7 Å². The predicted molar refractivity (Wildman–Crippen MR) is 158 cm³/mol. The number of aliphatic carboxylic acids is 1. The van der Waals surface area contributed by atoms with Crippen molar-refractivity contribution in [2.45, 2.75) is 95.3 Å². The molecule has 0 aromatic heterocycles. The molecule has 3 atom stereocenters. The van der Waals surface area contributed by atoms with Crippen molar-refractivity contribution in [3.63, 3.8) is 0 Å². The van der Waals surface area contributed by atoms with Crippen molar-refractivity contribution < 1.29 is 37.1 Å². The average Bonchev–Trinajstić information content (AvgIpc) is 3.31. The smallest absolute Gasteiger partial charge is 0.430 e. The fraction of sp³-hybridized carbons (Fsp3) is 0.667. The van der Waals surface area contributed by atoms with E-state index >= 15 is 0 Å². The van der Waals surface area contributed by atoms with E-state index in [1.165, 1.54) is 43.2 Å². The summed E-state index contributed by atoms with van der Waals surface area (Å²) in [7, 11) is 6.35. The lowest BCUT2D eigenvalue weighted by atomic mass is 9.74. The number of carbonyl (C=O) groups is 3. The fourth-order valence-electron chi connectivity index (χ4n) is 6.64. The molecule has 1 N–H and O–H groups in total. The van der Waals surface area contributed by atoms with Gasteiger partial charge in [-0.1, -0.05) is 88.8 Å². The highest BCUT2D eigenvalue weighted by molar-refractivity contribution is 5.89. The molecule has 7 nitrogen and oxygen atoms in total. The highest BCUT2D eigenvalue weighted by Gasteiger charge is 2.42. The van der Waals surface area contributed by atoms with Gasteiger partial charge < -0.3 is 24.6 Å². The van der Waals surface area contributed by atoms with Crippen LogP contribution in [0.25, 0.3) is 6.08 Å². The molecule has 2 fully saturated rings. The van der Waals surface area contributed by atoms with Crippen LogP contribution in [0.1, 0.15) is 82.8 Å². The van der Waals surface area contributed by atoms with Gasteiger partial charge in [0.15, 0.2) is 6.04 Å². The lowest BCUT2D eigenvalue weighted by Gasteiger charge is -2.41. The molecule has 0 unspecified atom stereocenters. The maximum absolute atomic E-state index is 13.8. The summed E-state index contributed by atoms with van der Waals surface area (Å²) >= 11 is 0. The standard InChI is InChI=1S/C31H47N3O2.C2HF3O2/c1-6-23(2)28(32-29(35)27(34(3,4)5)22-24-12-8-7-9-13-24)30(36)33-20-18-31(19-21-33)17-16-25-14-10-11-15-26(25)31;3-2(4,5)1(6)7/h10-11,14-17,23-24,27-28H,6-9,12-13,18-22H2,1-5H3;(H,6,7)/t23-,27-,28-;/m0./s1. The third-order valence-corrected chi connectivity index (χ3v) is 9.57. The zero-order valence-electron chi connectivity index (χ0n) is 26.2. The molecule has 10 heteroatoms. The van der Waals surface area contributed by atoms with Crippen LogP contribution < -0.4 is 10.4 Å². The number of quaternary nitrogens is 1. The zero-order chi connectivity index (χ0) is 32.0. The normalized spacial score (nSPS) is 20.4. The Labute approximate surface area is 254 Å². The van der Waals surface area contributed by atoms with Gasteiger partial charge in [0, 0.05) is 24.9 Å². The highest BCUT2D eigenvalue weighted by Crippen LogP contribution is 2.43. The number of fused-ring (bicyclic) bond motifs is 2. The summed E-state index contributed by atoms with van der Waals surface area (Å²) in [6.45, 7) is 5.69. The molecule has 1 saturated carbocycles. The Kier molecular flexibility index (Phi) is 11.5. The van der Waals surface area contributed by atoms with Gasteiger partial charge in [0.25, 0.3) is 5.91 Å². The number of allylic oxidation sites excluding steroid dienone is 1. The van der Waals surface area contributed by atoms with Crippen LogP contribution in [0.2, 0.25) is 0 Å². The quantitative estimate of drug-likeness (QED) is 0.443. The van der Waals surface area contributed by atoms with E-state index in [9.17, 15) is 22.8 Å². The molecule has 43 heavy (non-hydrogen) atoms. The molecule has 0 bridgehead atoms. The monoisotopic (exact) mass is 607 g/mol. The Morgan fingerprint density at radius 2 is 1.65 bits per heavy atom. The van der Waals surface area contributed by atoms with Gasteiger partial charge in [-0.05, 0) is 35.8 Å². The lowest BCUT2D eigenvalue weighted by molar-refractivity contribution is -0.887. The highest BCUT2D eigenvalue weighted by atomic mass is 19.4. The molecule has 1 saturated heterocycles. The van der Waals surface area contributed by atoms with Crippen LogP contribution in [0.4, 0.5) is 13.2 Å². The molecule has 1 aromatic rings. The lowest BCUT2D eigenvalue weighted by Crippen LogP contribution is -2.60. The predicted octanol–water partition coefficient (Wildman–Crippen LogP) is 4.45. The van der Waals surface area contributed by atoms with Crippen molar-refractivity contribution in [2.24, 2.45) is 11.8 Å². The van der Waals surface area contributed by atoms with Crippen molar-refractivity contribution in [1.82, 2.24) is 10.2 Å². The maximum Gasteiger partial charge on any atom is 0.430 e. The Bertz CT molecular complexity index is 1150. The number of amides is 2. The number of hydrogen-bond donors (Lipinski definition) is 1. The summed E-state index contributed by atoms with van der Waals surface area (Å²) in [5.74, 6) is -2.14. The van der Waals surface area contributed by atoms with Gasteiger partial charge in [-0.15, -0.1) is 0 Å². The van der Waals surface area contributed by atoms with E-state index in [-0.39, 0.29) is 29.2 Å². The van der Waals surface area contributed by atoms with Crippen molar-refractivity contribution in [2.75, 3.05) is 34.2 Å². The molecule has 1 aliphatic heterocycles. The van der Waals surface area contributed by atoms with E-state index in [0.717, 1.165) is 38.8 Å². The minimum atomic E-state index is -5.19. The van der Waals surface area contributed by atoms with E-state index in [1.54, 1.807) is 0 Å². The number of benzene rings is 1. The number of likely N-dealkylation sites (tertiary alicyclic amines) is 1. The molecule has 1 heterocycles. The number of carboxylic acids is 1. The largest absolute Gasteiger partial charge is 0.542 e. The molecule has 4 rings (SSSR count). The minimum Gasteiger partial charge on any atom is -0.542 e. The second-order valence-electron chi connectivity index (χ2n) is 13.4. The average molecular weight is 608 g/mol. The first-order valence-electron chi connectivity index (χ1n) is 15.6. The van der Waals surface area contributed by atoms with E-state index in [1.807, 2.05) is 4.90 Å². The van der Waals surface area contributed by atoms with Crippen LogP contribution in [0.15, 0.2) is 30.3 Å². The van der Waals surface area contributed by atoms with Crippen molar-refractivity contribution in [3.8, 4) is 0 Å². The summed E-state index contributed by atoms with van der Waals surface area (Å²) in [6, 6.07) is 8.06. The van der Waals surface area contributed by atoms with Crippen LogP contribution >= 0.6 is 0 Å². The Morgan fingerprint density at radius 3 is 2.19 bits per heavy atom. The van der Waals surface area contributed by atoms with E-state index in [0.29, 0.717) is 10.4 Å². The van der Waals surface area contributed by atoms with Gasteiger partial charge in [0.2, 0.25) is 5.91 Å². The number of hydrogen-bond acceptors (Lipinski definition) is 4. The summed E-state index contributed by atoms with van der Waals surface area (Å²) in [5.41, 5.74) is 2.76. The van der Waals surface area contributed by atoms with E-state index in [4.69, 9.17) is 9.90 Å². The van der Waals surface area contributed by atoms with Gasteiger partial charge in [-0.2, -0.15) is 13.2 Å². The number of carbonyl (C=O) groups excluding carboxylic acids is 3. The molecule has 1 aromatic carbocycles.